The molecule has 0 saturated carbocycles. The molecule has 1 heterocycles. The van der Waals surface area contributed by atoms with Crippen molar-refractivity contribution in [2.75, 3.05) is 5.32 Å². The molecule has 2 aromatic carbocycles. The maximum absolute atomic E-state index is 12.3. The van der Waals surface area contributed by atoms with Crippen molar-refractivity contribution in [3.63, 3.8) is 0 Å². The van der Waals surface area contributed by atoms with E-state index >= 15 is 0 Å². The van der Waals surface area contributed by atoms with Crippen LogP contribution in [0.2, 0.25) is 10.0 Å². The van der Waals surface area contributed by atoms with Gasteiger partial charge in [-0.15, -0.1) is 0 Å². The highest BCUT2D eigenvalue weighted by Crippen LogP contribution is 2.26. The minimum absolute atomic E-state index is 0.109. The lowest BCUT2D eigenvalue weighted by Gasteiger charge is -2.05. The molecule has 3 aromatic rings. The van der Waals surface area contributed by atoms with Crippen molar-refractivity contribution < 1.29 is 9.21 Å². The molecule has 1 aromatic heterocycles. The first kappa shape index (κ1) is 19.2. The van der Waals surface area contributed by atoms with Gasteiger partial charge >= 0.3 is 0 Å². The van der Waals surface area contributed by atoms with Crippen LogP contribution in [-0.4, -0.2) is 5.91 Å². The normalized spacial score (nSPS) is 11.1. The van der Waals surface area contributed by atoms with Crippen molar-refractivity contribution in [2.24, 2.45) is 0 Å². The van der Waals surface area contributed by atoms with Gasteiger partial charge in [0.2, 0.25) is 0 Å². The van der Waals surface area contributed by atoms with Crippen LogP contribution in [0.25, 0.3) is 17.4 Å². The zero-order valence-electron chi connectivity index (χ0n) is 13.7. The summed E-state index contributed by atoms with van der Waals surface area (Å²) < 4.78 is 6.68. The molecular weight excluding hydrogens is 451 g/mol. The zero-order chi connectivity index (χ0) is 19.4. The highest BCUT2D eigenvalue weighted by Gasteiger charge is 2.12. The van der Waals surface area contributed by atoms with E-state index in [-0.39, 0.29) is 5.57 Å². The van der Waals surface area contributed by atoms with Crippen molar-refractivity contribution >= 4 is 56.8 Å². The van der Waals surface area contributed by atoms with E-state index in [0.717, 1.165) is 10.0 Å². The SMILES string of the molecule is N#C/C(=C\c1ccc(-c2ccc(Br)cc2)o1)C(=O)Nc1cc(Cl)cc(Cl)c1. The molecule has 0 aliphatic carbocycles. The van der Waals surface area contributed by atoms with Crippen molar-refractivity contribution in [2.45, 2.75) is 0 Å². The Morgan fingerprint density at radius 2 is 1.74 bits per heavy atom. The van der Waals surface area contributed by atoms with Crippen LogP contribution in [0.5, 0.6) is 0 Å². The monoisotopic (exact) mass is 460 g/mol. The third kappa shape index (κ3) is 5.01. The zero-order valence-corrected chi connectivity index (χ0v) is 16.8. The van der Waals surface area contributed by atoms with Crippen molar-refractivity contribution in [3.8, 4) is 17.4 Å². The van der Waals surface area contributed by atoms with Gasteiger partial charge in [-0.05, 0) is 42.5 Å². The van der Waals surface area contributed by atoms with Crippen LogP contribution in [0.4, 0.5) is 5.69 Å². The fourth-order valence-corrected chi connectivity index (χ4v) is 3.11. The first-order valence-corrected chi connectivity index (χ1v) is 9.24. The second-order valence-electron chi connectivity index (χ2n) is 5.49. The number of halogens is 3. The molecule has 4 nitrogen and oxygen atoms in total. The van der Waals surface area contributed by atoms with E-state index in [0.29, 0.717) is 27.3 Å². The van der Waals surface area contributed by atoms with Gasteiger partial charge in [0.1, 0.15) is 23.2 Å². The molecule has 0 radical (unpaired) electrons. The quantitative estimate of drug-likeness (QED) is 0.353. The van der Waals surface area contributed by atoms with Crippen LogP contribution in [0.1, 0.15) is 5.76 Å². The van der Waals surface area contributed by atoms with Gasteiger partial charge in [-0.1, -0.05) is 51.3 Å². The van der Waals surface area contributed by atoms with E-state index in [1.165, 1.54) is 6.08 Å². The number of rotatable bonds is 4. The summed E-state index contributed by atoms with van der Waals surface area (Å²) in [7, 11) is 0. The molecule has 1 N–H and O–H groups in total. The summed E-state index contributed by atoms with van der Waals surface area (Å²) in [5, 5.41) is 12.7. The second-order valence-corrected chi connectivity index (χ2v) is 7.28. The van der Waals surface area contributed by atoms with Gasteiger partial charge in [0.05, 0.1) is 0 Å². The number of amides is 1. The second kappa shape index (κ2) is 8.45. The van der Waals surface area contributed by atoms with Crippen LogP contribution in [0, 0.1) is 11.3 Å². The van der Waals surface area contributed by atoms with Crippen molar-refractivity contribution in [1.82, 2.24) is 0 Å². The summed E-state index contributed by atoms with van der Waals surface area (Å²) in [5.74, 6) is 0.439. The largest absolute Gasteiger partial charge is 0.457 e. The van der Waals surface area contributed by atoms with Gasteiger partial charge in [0, 0.05) is 31.8 Å². The molecule has 1 amide bonds. The summed E-state index contributed by atoms with van der Waals surface area (Å²) in [5.41, 5.74) is 1.17. The predicted octanol–water partition coefficient (Wildman–Crippen LogP) is 6.56. The molecule has 0 unspecified atom stereocenters. The molecule has 0 bridgehead atoms. The number of nitrogens with zero attached hydrogens (tertiary/aromatic N) is 1. The molecule has 0 saturated heterocycles. The number of carbonyl (C=O) groups is 1. The van der Waals surface area contributed by atoms with Crippen LogP contribution < -0.4 is 5.32 Å². The fraction of sp³-hybridized carbons (Fsp3) is 0. The van der Waals surface area contributed by atoms with Crippen LogP contribution in [-0.2, 0) is 4.79 Å². The highest BCUT2D eigenvalue weighted by molar-refractivity contribution is 9.10. The van der Waals surface area contributed by atoms with E-state index in [1.54, 1.807) is 30.3 Å². The molecule has 134 valence electrons. The predicted molar refractivity (Wildman–Crippen MR) is 111 cm³/mol. The van der Waals surface area contributed by atoms with Crippen LogP contribution in [0.3, 0.4) is 0 Å². The summed E-state index contributed by atoms with van der Waals surface area (Å²) in [4.78, 5) is 12.3. The smallest absolute Gasteiger partial charge is 0.266 e. The lowest BCUT2D eigenvalue weighted by atomic mass is 10.2. The highest BCUT2D eigenvalue weighted by atomic mass is 79.9. The Kier molecular flexibility index (Phi) is 6.02. The Morgan fingerprint density at radius 1 is 1.07 bits per heavy atom. The van der Waals surface area contributed by atoms with Gasteiger partial charge in [-0.2, -0.15) is 5.26 Å². The maximum Gasteiger partial charge on any atom is 0.266 e. The molecule has 0 atom stereocenters. The van der Waals surface area contributed by atoms with Gasteiger partial charge < -0.3 is 9.73 Å². The third-order valence-corrected chi connectivity index (χ3v) is 4.49. The first-order chi connectivity index (χ1) is 12.9. The summed E-state index contributed by atoms with van der Waals surface area (Å²) in [6.45, 7) is 0. The Morgan fingerprint density at radius 3 is 2.37 bits per heavy atom. The van der Waals surface area contributed by atoms with Crippen LogP contribution in [0.15, 0.2) is 69.1 Å². The van der Waals surface area contributed by atoms with Gasteiger partial charge in [0.15, 0.2) is 0 Å². The van der Waals surface area contributed by atoms with Gasteiger partial charge in [-0.3, -0.25) is 4.79 Å². The van der Waals surface area contributed by atoms with Crippen molar-refractivity contribution in [3.05, 3.63) is 80.4 Å². The van der Waals surface area contributed by atoms with E-state index in [9.17, 15) is 10.1 Å². The molecule has 7 heteroatoms. The first-order valence-electron chi connectivity index (χ1n) is 7.69. The number of hydrogen-bond acceptors (Lipinski definition) is 3. The van der Waals surface area contributed by atoms with E-state index in [2.05, 4.69) is 21.2 Å². The number of anilines is 1. The topological polar surface area (TPSA) is 66.0 Å². The molecular formula is C20H11BrCl2N2O2. The van der Waals surface area contributed by atoms with Gasteiger partial charge in [0.25, 0.3) is 5.91 Å². The Labute approximate surface area is 174 Å². The summed E-state index contributed by atoms with van der Waals surface area (Å²) in [6.07, 6.45) is 1.38. The van der Waals surface area contributed by atoms with Crippen LogP contribution >= 0.6 is 39.1 Å². The maximum atomic E-state index is 12.3. The minimum atomic E-state index is -0.586. The molecule has 27 heavy (non-hydrogen) atoms. The molecule has 0 aliphatic rings. The summed E-state index contributed by atoms with van der Waals surface area (Å²) >= 11 is 15.2. The number of nitrogens with one attached hydrogen (secondary N) is 1. The Hall–Kier alpha value is -2.52. The minimum Gasteiger partial charge on any atom is -0.457 e. The third-order valence-electron chi connectivity index (χ3n) is 3.53. The average Bonchev–Trinajstić information content (AvgIpc) is 3.08. The van der Waals surface area contributed by atoms with Gasteiger partial charge in [-0.25, -0.2) is 0 Å². The number of furan rings is 1. The molecule has 0 aliphatic heterocycles. The number of carbonyl (C=O) groups excluding carboxylic acids is 1. The lowest BCUT2D eigenvalue weighted by molar-refractivity contribution is -0.112. The fourth-order valence-electron chi connectivity index (χ4n) is 2.31. The average molecular weight is 462 g/mol. The Bertz CT molecular complexity index is 1050. The molecule has 3 rings (SSSR count). The van der Waals surface area contributed by atoms with E-state index in [1.807, 2.05) is 30.3 Å². The standard InChI is InChI=1S/C20H11BrCl2N2O2/c21-14-3-1-12(2-4-14)19-6-5-18(27-19)7-13(11-24)20(26)25-17-9-15(22)8-16(23)10-17/h1-10H,(H,25,26)/b13-7+. The number of nitriles is 1. The lowest BCUT2D eigenvalue weighted by Crippen LogP contribution is -2.13. The van der Waals surface area contributed by atoms with E-state index < -0.39 is 5.91 Å². The molecule has 0 spiro atoms. The Balaban J connectivity index is 1.80. The number of hydrogen-bond donors (Lipinski definition) is 1. The molecule has 0 fully saturated rings. The number of benzene rings is 2. The van der Waals surface area contributed by atoms with Crippen molar-refractivity contribution in [1.29, 1.82) is 5.26 Å². The summed E-state index contributed by atoms with van der Waals surface area (Å²) in [6, 6.07) is 17.6. The van der Waals surface area contributed by atoms with E-state index in [4.69, 9.17) is 27.6 Å².